The Morgan fingerprint density at radius 1 is 0.960 bits per heavy atom. The predicted octanol–water partition coefficient (Wildman–Crippen LogP) is 5.43. The molecule has 1 fully saturated rings. The number of nitrogens with zero attached hydrogens (tertiary/aromatic N) is 1. The lowest BCUT2D eigenvalue weighted by Gasteiger charge is -2.25. The van der Waals surface area contributed by atoms with E-state index in [4.69, 9.17) is 0 Å². The van der Waals surface area contributed by atoms with Crippen LogP contribution in [0.15, 0.2) is 53.4 Å². The van der Waals surface area contributed by atoms with E-state index < -0.39 is 0 Å². The van der Waals surface area contributed by atoms with Crippen LogP contribution in [0.4, 0.5) is 21.9 Å². The Bertz CT molecular complexity index is 712. The van der Waals surface area contributed by atoms with E-state index in [1.54, 1.807) is 11.8 Å². The lowest BCUT2D eigenvalue weighted by Crippen LogP contribution is -2.26. The van der Waals surface area contributed by atoms with Gasteiger partial charge in [0.15, 0.2) is 0 Å². The molecule has 0 spiro atoms. The molecule has 2 N–H and O–H groups in total. The molecule has 1 heterocycles. The molecule has 0 bridgehead atoms. The van der Waals surface area contributed by atoms with Crippen LogP contribution in [0.1, 0.15) is 25.7 Å². The van der Waals surface area contributed by atoms with Gasteiger partial charge < -0.3 is 15.5 Å². The van der Waals surface area contributed by atoms with Crippen LogP contribution < -0.4 is 15.5 Å². The number of hydrogen-bond donors (Lipinski definition) is 2. The van der Waals surface area contributed by atoms with Gasteiger partial charge in [-0.15, -0.1) is 11.8 Å². The first kappa shape index (κ1) is 17.7. The minimum atomic E-state index is -0.208. The van der Waals surface area contributed by atoms with Crippen LogP contribution in [0.2, 0.25) is 0 Å². The fourth-order valence-corrected chi connectivity index (χ4v) is 3.61. The topological polar surface area (TPSA) is 44.4 Å². The van der Waals surface area contributed by atoms with E-state index in [0.717, 1.165) is 35.0 Å². The highest BCUT2D eigenvalue weighted by Crippen LogP contribution is 2.28. The maximum Gasteiger partial charge on any atom is 0.323 e. The first-order valence-electron chi connectivity index (χ1n) is 8.82. The Morgan fingerprint density at radius 2 is 1.72 bits per heavy atom. The highest BCUT2D eigenvalue weighted by atomic mass is 32.2. The third kappa shape index (κ3) is 4.92. The van der Waals surface area contributed by atoms with Gasteiger partial charge in [-0.2, -0.15) is 0 Å². The Balaban J connectivity index is 1.70. The van der Waals surface area contributed by atoms with E-state index in [0.29, 0.717) is 0 Å². The average molecular weight is 356 g/mol. The van der Waals surface area contributed by atoms with Crippen LogP contribution in [-0.2, 0) is 0 Å². The minimum Gasteiger partial charge on any atom is -0.370 e. The normalized spacial score (nSPS) is 14.7. The quantitative estimate of drug-likeness (QED) is 0.719. The minimum absolute atomic E-state index is 0.208. The van der Waals surface area contributed by atoms with Crippen LogP contribution in [0, 0.1) is 0 Å². The zero-order valence-electron chi connectivity index (χ0n) is 14.6. The molecule has 2 aromatic carbocycles. The van der Waals surface area contributed by atoms with Crippen LogP contribution in [-0.4, -0.2) is 25.4 Å². The number of carbonyl (C=O) groups excluding carboxylic acids is 1. The van der Waals surface area contributed by atoms with Gasteiger partial charge in [0.05, 0.1) is 11.4 Å². The fraction of sp³-hybridized carbons (Fsp3) is 0.350. The summed E-state index contributed by atoms with van der Waals surface area (Å²) in [5, 5.41) is 5.94. The van der Waals surface area contributed by atoms with Crippen molar-refractivity contribution < 1.29 is 4.79 Å². The number of urea groups is 1. The highest BCUT2D eigenvalue weighted by Gasteiger charge is 2.14. The molecule has 0 radical (unpaired) electrons. The van der Waals surface area contributed by atoms with Crippen LogP contribution >= 0.6 is 11.8 Å². The maximum absolute atomic E-state index is 12.4. The first-order chi connectivity index (χ1) is 12.3. The lowest BCUT2D eigenvalue weighted by atomic mass is 10.2. The number of anilines is 3. The molecule has 1 aliphatic heterocycles. The van der Waals surface area contributed by atoms with Crippen molar-refractivity contribution in [1.82, 2.24) is 0 Å². The summed E-state index contributed by atoms with van der Waals surface area (Å²) in [6.07, 6.45) is 7.03. The van der Waals surface area contributed by atoms with E-state index in [-0.39, 0.29) is 6.03 Å². The van der Waals surface area contributed by atoms with Gasteiger partial charge in [0.1, 0.15) is 0 Å². The van der Waals surface area contributed by atoms with Gasteiger partial charge in [-0.3, -0.25) is 0 Å². The fourth-order valence-electron chi connectivity index (χ4n) is 3.15. The number of hydrogen-bond acceptors (Lipinski definition) is 3. The van der Waals surface area contributed by atoms with Gasteiger partial charge in [-0.25, -0.2) is 4.79 Å². The predicted molar refractivity (Wildman–Crippen MR) is 108 cm³/mol. The molecule has 0 aliphatic carbocycles. The molecule has 0 atom stereocenters. The van der Waals surface area contributed by atoms with Gasteiger partial charge in [0.2, 0.25) is 0 Å². The van der Waals surface area contributed by atoms with Crippen molar-refractivity contribution in [3.05, 3.63) is 48.5 Å². The smallest absolute Gasteiger partial charge is 0.323 e. The molecule has 5 heteroatoms. The molecule has 132 valence electrons. The number of nitrogens with one attached hydrogen (secondary N) is 2. The van der Waals surface area contributed by atoms with Crippen molar-refractivity contribution in [3.8, 4) is 0 Å². The number of thioether (sulfide) groups is 1. The van der Waals surface area contributed by atoms with Crippen LogP contribution in [0.5, 0.6) is 0 Å². The molecular formula is C20H25N3OS. The number of amides is 2. The summed E-state index contributed by atoms with van der Waals surface area (Å²) in [7, 11) is 0. The van der Waals surface area contributed by atoms with Crippen molar-refractivity contribution in [2.75, 3.05) is 34.9 Å². The summed E-state index contributed by atoms with van der Waals surface area (Å²) in [6, 6.07) is 15.7. The van der Waals surface area contributed by atoms with Crippen molar-refractivity contribution in [3.63, 3.8) is 0 Å². The van der Waals surface area contributed by atoms with Crippen molar-refractivity contribution in [2.45, 2.75) is 30.6 Å². The Labute approximate surface area is 154 Å². The standard InChI is InChI=1S/C20H25N3OS/c1-25-17-10-8-9-16(15-17)21-20(24)22-18-11-4-5-12-19(18)23-13-6-2-3-7-14-23/h4-5,8-12,15H,2-3,6-7,13-14H2,1H3,(H2,21,22,24). The molecule has 2 amide bonds. The molecule has 4 nitrogen and oxygen atoms in total. The third-order valence-electron chi connectivity index (χ3n) is 4.43. The Morgan fingerprint density at radius 3 is 2.48 bits per heavy atom. The van der Waals surface area contributed by atoms with Gasteiger partial charge >= 0.3 is 6.03 Å². The Hall–Kier alpha value is -2.14. The first-order valence-corrected chi connectivity index (χ1v) is 10.0. The van der Waals surface area contributed by atoms with Crippen molar-refractivity contribution in [1.29, 1.82) is 0 Å². The van der Waals surface area contributed by atoms with E-state index in [2.05, 4.69) is 21.6 Å². The summed E-state index contributed by atoms with van der Waals surface area (Å²) in [5.41, 5.74) is 2.77. The van der Waals surface area contributed by atoms with Crippen molar-refractivity contribution in [2.24, 2.45) is 0 Å². The second kappa shape index (κ2) is 8.81. The summed E-state index contributed by atoms with van der Waals surface area (Å²) >= 11 is 1.66. The van der Waals surface area contributed by atoms with Gasteiger partial charge in [-0.1, -0.05) is 31.0 Å². The zero-order valence-corrected chi connectivity index (χ0v) is 15.4. The van der Waals surface area contributed by atoms with Crippen LogP contribution in [0.3, 0.4) is 0 Å². The molecule has 0 unspecified atom stereocenters. The SMILES string of the molecule is CSc1cccc(NC(=O)Nc2ccccc2N2CCCCCC2)c1. The van der Waals surface area contributed by atoms with Gasteiger partial charge in [0, 0.05) is 23.7 Å². The summed E-state index contributed by atoms with van der Waals surface area (Å²) in [4.78, 5) is 16.0. The second-order valence-corrected chi connectivity index (χ2v) is 7.11. The largest absolute Gasteiger partial charge is 0.370 e. The lowest BCUT2D eigenvalue weighted by molar-refractivity contribution is 0.262. The summed E-state index contributed by atoms with van der Waals surface area (Å²) in [6.45, 7) is 2.10. The number of carbonyl (C=O) groups is 1. The number of para-hydroxylation sites is 2. The van der Waals surface area contributed by atoms with Crippen molar-refractivity contribution >= 4 is 34.9 Å². The van der Waals surface area contributed by atoms with E-state index in [1.165, 1.54) is 25.7 Å². The van der Waals surface area contributed by atoms with E-state index in [1.807, 2.05) is 48.7 Å². The van der Waals surface area contributed by atoms with Crippen LogP contribution in [0.25, 0.3) is 0 Å². The van der Waals surface area contributed by atoms with Gasteiger partial charge in [-0.05, 0) is 49.4 Å². The molecule has 3 rings (SSSR count). The monoisotopic (exact) mass is 355 g/mol. The highest BCUT2D eigenvalue weighted by molar-refractivity contribution is 7.98. The van der Waals surface area contributed by atoms with Gasteiger partial charge in [0.25, 0.3) is 0 Å². The molecule has 0 aromatic heterocycles. The third-order valence-corrected chi connectivity index (χ3v) is 5.15. The molecular weight excluding hydrogens is 330 g/mol. The molecule has 1 aliphatic rings. The number of benzene rings is 2. The molecule has 0 saturated carbocycles. The average Bonchev–Trinajstić information content (AvgIpc) is 2.91. The maximum atomic E-state index is 12.4. The Kier molecular flexibility index (Phi) is 6.23. The molecule has 25 heavy (non-hydrogen) atoms. The zero-order chi connectivity index (χ0) is 17.5. The van der Waals surface area contributed by atoms with E-state index in [9.17, 15) is 4.79 Å². The number of rotatable bonds is 4. The summed E-state index contributed by atoms with van der Waals surface area (Å²) in [5.74, 6) is 0. The second-order valence-electron chi connectivity index (χ2n) is 6.23. The molecule has 1 saturated heterocycles. The molecule has 2 aromatic rings. The summed E-state index contributed by atoms with van der Waals surface area (Å²) < 4.78 is 0. The van der Waals surface area contributed by atoms with E-state index >= 15 is 0 Å².